The van der Waals surface area contributed by atoms with Gasteiger partial charge in [-0.05, 0) is 33.6 Å². The molecule has 2 aromatic heterocycles. The maximum atomic E-state index is 4.77. The van der Waals surface area contributed by atoms with E-state index in [1.165, 1.54) is 17.0 Å². The van der Waals surface area contributed by atoms with E-state index in [0.29, 0.717) is 5.92 Å². The van der Waals surface area contributed by atoms with Gasteiger partial charge < -0.3 is 0 Å². The van der Waals surface area contributed by atoms with Gasteiger partial charge in [0.05, 0.1) is 28.5 Å². The zero-order chi connectivity index (χ0) is 17.3. The molecule has 0 atom stereocenters. The lowest BCUT2D eigenvalue weighted by Crippen LogP contribution is -2.31. The molecular formula is C19H29N5. The van der Waals surface area contributed by atoms with Gasteiger partial charge in [0, 0.05) is 43.2 Å². The first-order valence-electron chi connectivity index (χ1n) is 9.12. The van der Waals surface area contributed by atoms with E-state index in [4.69, 9.17) is 4.98 Å². The van der Waals surface area contributed by atoms with Crippen LogP contribution < -0.4 is 0 Å². The lowest BCUT2D eigenvalue weighted by atomic mass is 9.93. The van der Waals surface area contributed by atoms with Crippen LogP contribution in [-0.2, 0) is 19.5 Å². The van der Waals surface area contributed by atoms with Gasteiger partial charge in [-0.15, -0.1) is 0 Å². The monoisotopic (exact) mass is 327 g/mol. The number of fused-ring (bicyclic) bond motifs is 1. The summed E-state index contributed by atoms with van der Waals surface area (Å²) in [4.78, 5) is 11.9. The van der Waals surface area contributed by atoms with Crippen LogP contribution >= 0.6 is 0 Å². The van der Waals surface area contributed by atoms with E-state index in [1.807, 2.05) is 13.8 Å². The highest BCUT2D eigenvalue weighted by Crippen LogP contribution is 2.30. The number of aromatic amines is 1. The summed E-state index contributed by atoms with van der Waals surface area (Å²) < 4.78 is 0. The molecule has 0 fully saturated rings. The smallest absolute Gasteiger partial charge is 0.0759 e. The van der Waals surface area contributed by atoms with Crippen LogP contribution in [0.5, 0.6) is 0 Å². The molecule has 3 heterocycles. The third-order valence-electron chi connectivity index (χ3n) is 5.37. The van der Waals surface area contributed by atoms with E-state index < -0.39 is 0 Å². The summed E-state index contributed by atoms with van der Waals surface area (Å²) in [6.07, 6.45) is 3.34. The van der Waals surface area contributed by atoms with Crippen LogP contribution in [0, 0.1) is 20.8 Å². The van der Waals surface area contributed by atoms with E-state index >= 15 is 0 Å². The van der Waals surface area contributed by atoms with Crippen LogP contribution in [0.2, 0.25) is 0 Å². The molecule has 0 aliphatic carbocycles. The second kappa shape index (κ2) is 7.01. The van der Waals surface area contributed by atoms with E-state index in [9.17, 15) is 0 Å². The van der Waals surface area contributed by atoms with Crippen molar-refractivity contribution in [2.45, 2.75) is 72.9 Å². The van der Waals surface area contributed by atoms with Crippen molar-refractivity contribution in [3.8, 4) is 0 Å². The second-order valence-corrected chi connectivity index (χ2v) is 6.97. The van der Waals surface area contributed by atoms with Gasteiger partial charge in [-0.3, -0.25) is 20.0 Å². The Balaban J connectivity index is 1.80. The van der Waals surface area contributed by atoms with Crippen LogP contribution in [0.25, 0.3) is 0 Å². The zero-order valence-corrected chi connectivity index (χ0v) is 15.6. The number of rotatable bonds is 5. The molecule has 0 amide bonds. The summed E-state index contributed by atoms with van der Waals surface area (Å²) in [6, 6.07) is 0. The van der Waals surface area contributed by atoms with Crippen LogP contribution in [0.3, 0.4) is 0 Å². The van der Waals surface area contributed by atoms with Gasteiger partial charge in [0.1, 0.15) is 0 Å². The van der Waals surface area contributed by atoms with Crippen molar-refractivity contribution >= 4 is 0 Å². The second-order valence-electron chi connectivity index (χ2n) is 6.97. The van der Waals surface area contributed by atoms with Crippen LogP contribution in [0.1, 0.15) is 72.3 Å². The number of hydrogen-bond acceptors (Lipinski definition) is 4. The van der Waals surface area contributed by atoms with Gasteiger partial charge in [0.15, 0.2) is 0 Å². The first-order chi connectivity index (χ1) is 11.5. The minimum atomic E-state index is 0.563. The summed E-state index contributed by atoms with van der Waals surface area (Å²) >= 11 is 0. The van der Waals surface area contributed by atoms with Crippen molar-refractivity contribution in [1.29, 1.82) is 0 Å². The summed E-state index contributed by atoms with van der Waals surface area (Å²) in [5.74, 6) is 0.563. The molecule has 2 aromatic rings. The van der Waals surface area contributed by atoms with Crippen LogP contribution in [0.4, 0.5) is 0 Å². The molecule has 0 saturated heterocycles. The van der Waals surface area contributed by atoms with Crippen molar-refractivity contribution in [3.63, 3.8) is 0 Å². The minimum Gasteiger partial charge on any atom is -0.293 e. The average molecular weight is 327 g/mol. The van der Waals surface area contributed by atoms with E-state index in [1.54, 1.807) is 0 Å². The summed E-state index contributed by atoms with van der Waals surface area (Å²) in [5, 5.41) is 7.93. The molecule has 0 unspecified atom stereocenters. The Morgan fingerprint density at radius 1 is 1.04 bits per heavy atom. The predicted molar refractivity (Wildman–Crippen MR) is 96.0 cm³/mol. The lowest BCUT2D eigenvalue weighted by Gasteiger charge is -2.28. The number of H-pyrrole nitrogens is 1. The molecule has 0 saturated carbocycles. The molecule has 0 spiro atoms. The van der Waals surface area contributed by atoms with Gasteiger partial charge in [0.25, 0.3) is 0 Å². The molecule has 5 nitrogen and oxygen atoms in total. The molecule has 1 N–H and O–H groups in total. The van der Waals surface area contributed by atoms with E-state index in [-0.39, 0.29) is 0 Å². The number of hydrogen-bond donors (Lipinski definition) is 1. The Labute approximate surface area is 144 Å². The van der Waals surface area contributed by atoms with Gasteiger partial charge in [-0.25, -0.2) is 0 Å². The summed E-state index contributed by atoms with van der Waals surface area (Å²) in [5.41, 5.74) is 8.26. The van der Waals surface area contributed by atoms with Gasteiger partial charge in [-0.2, -0.15) is 5.10 Å². The van der Waals surface area contributed by atoms with Crippen LogP contribution in [0.15, 0.2) is 0 Å². The number of aromatic nitrogens is 4. The average Bonchev–Trinajstić information content (AvgIpc) is 2.97. The number of aryl methyl sites for hydroxylation is 3. The fourth-order valence-electron chi connectivity index (χ4n) is 3.64. The fourth-order valence-corrected chi connectivity index (χ4v) is 3.64. The zero-order valence-electron chi connectivity index (χ0n) is 15.6. The first-order valence-corrected chi connectivity index (χ1v) is 9.12. The SMILES string of the molecule is CCC(CC)c1n[nH]c2c1CN(Cc1nc(C)c(C)nc1C)CC2. The third kappa shape index (κ3) is 3.22. The molecule has 5 heteroatoms. The standard InChI is InChI=1S/C19H29N5/c1-6-15(7-2)19-16-10-24(9-8-17(16)22-23-19)11-18-14(5)20-12(3)13(4)21-18/h15H,6-11H2,1-5H3,(H,22,23). The summed E-state index contributed by atoms with van der Waals surface area (Å²) in [6.45, 7) is 13.5. The first kappa shape index (κ1) is 17.1. The summed E-state index contributed by atoms with van der Waals surface area (Å²) in [7, 11) is 0. The highest BCUT2D eigenvalue weighted by molar-refractivity contribution is 5.30. The maximum absolute atomic E-state index is 4.77. The molecule has 1 aliphatic heterocycles. The number of nitrogens with zero attached hydrogens (tertiary/aromatic N) is 4. The molecule has 0 bridgehead atoms. The molecule has 3 rings (SSSR count). The third-order valence-corrected chi connectivity index (χ3v) is 5.37. The van der Waals surface area contributed by atoms with Crippen molar-refractivity contribution in [3.05, 3.63) is 39.7 Å². The van der Waals surface area contributed by atoms with Crippen molar-refractivity contribution in [2.24, 2.45) is 0 Å². The molecule has 24 heavy (non-hydrogen) atoms. The van der Waals surface area contributed by atoms with Crippen molar-refractivity contribution in [2.75, 3.05) is 6.54 Å². The normalized spacial score (nSPS) is 15.1. The van der Waals surface area contributed by atoms with Crippen molar-refractivity contribution in [1.82, 2.24) is 25.1 Å². The van der Waals surface area contributed by atoms with Crippen molar-refractivity contribution < 1.29 is 0 Å². The molecular weight excluding hydrogens is 298 g/mol. The number of nitrogens with one attached hydrogen (secondary N) is 1. The maximum Gasteiger partial charge on any atom is 0.0759 e. The highest BCUT2D eigenvalue weighted by Gasteiger charge is 2.25. The minimum absolute atomic E-state index is 0.563. The Kier molecular flexibility index (Phi) is 4.99. The molecule has 0 radical (unpaired) electrons. The Morgan fingerprint density at radius 2 is 1.75 bits per heavy atom. The van der Waals surface area contributed by atoms with E-state index in [0.717, 1.165) is 61.7 Å². The Bertz CT molecular complexity index is 715. The van der Waals surface area contributed by atoms with Crippen LogP contribution in [-0.4, -0.2) is 31.6 Å². The predicted octanol–water partition coefficient (Wildman–Crippen LogP) is 3.59. The Hall–Kier alpha value is -1.75. The van der Waals surface area contributed by atoms with Gasteiger partial charge >= 0.3 is 0 Å². The molecule has 130 valence electrons. The largest absolute Gasteiger partial charge is 0.293 e. The molecule has 1 aliphatic rings. The van der Waals surface area contributed by atoms with E-state index in [2.05, 4.69) is 40.9 Å². The van der Waals surface area contributed by atoms with Gasteiger partial charge in [0.2, 0.25) is 0 Å². The topological polar surface area (TPSA) is 57.7 Å². The fraction of sp³-hybridized carbons (Fsp3) is 0.632. The quantitative estimate of drug-likeness (QED) is 0.912. The molecule has 0 aromatic carbocycles. The van der Waals surface area contributed by atoms with Gasteiger partial charge in [-0.1, -0.05) is 13.8 Å². The highest BCUT2D eigenvalue weighted by atomic mass is 15.2. The lowest BCUT2D eigenvalue weighted by molar-refractivity contribution is 0.239. The Morgan fingerprint density at radius 3 is 2.46 bits per heavy atom.